The van der Waals surface area contributed by atoms with E-state index >= 15 is 0 Å². The van der Waals surface area contributed by atoms with E-state index in [1.807, 2.05) is 12.1 Å². The van der Waals surface area contributed by atoms with Gasteiger partial charge in [0.05, 0.1) is 32.3 Å². The van der Waals surface area contributed by atoms with Crippen LogP contribution in [0.15, 0.2) is 30.6 Å². The summed E-state index contributed by atoms with van der Waals surface area (Å²) in [6.45, 7) is 0. The summed E-state index contributed by atoms with van der Waals surface area (Å²) in [7, 11) is 3.21. The Morgan fingerprint density at radius 1 is 0.941 bits per heavy atom. The normalized spacial score (nSPS) is 10.0. The van der Waals surface area contributed by atoms with Gasteiger partial charge in [0.1, 0.15) is 17.3 Å². The molecule has 0 aliphatic carbocycles. The summed E-state index contributed by atoms with van der Waals surface area (Å²) in [5.41, 5.74) is 7.08. The highest BCUT2D eigenvalue weighted by Crippen LogP contribution is 2.28. The Morgan fingerprint density at radius 3 is 2.06 bits per heavy atom. The monoisotopic (exact) mass is 231 g/mol. The summed E-state index contributed by atoms with van der Waals surface area (Å²) in [6, 6.07) is 5.53. The number of ether oxygens (including phenoxy) is 2. The van der Waals surface area contributed by atoms with Gasteiger partial charge in [-0.2, -0.15) is 0 Å². The third kappa shape index (κ3) is 2.44. The van der Waals surface area contributed by atoms with E-state index < -0.39 is 0 Å². The van der Waals surface area contributed by atoms with Gasteiger partial charge in [0.15, 0.2) is 0 Å². The quantitative estimate of drug-likeness (QED) is 0.871. The number of benzene rings is 1. The molecule has 0 atom stereocenters. The van der Waals surface area contributed by atoms with E-state index in [-0.39, 0.29) is 0 Å². The van der Waals surface area contributed by atoms with Gasteiger partial charge >= 0.3 is 0 Å². The van der Waals surface area contributed by atoms with Crippen LogP contribution in [-0.2, 0) is 0 Å². The van der Waals surface area contributed by atoms with Crippen molar-refractivity contribution in [2.24, 2.45) is 0 Å². The average molecular weight is 231 g/mol. The molecule has 1 aromatic carbocycles. The SMILES string of the molecule is COc1cc(OC)cc(-c2cnc(N)cn2)c1. The standard InChI is InChI=1S/C12H13N3O2/c1-16-9-3-8(4-10(5-9)17-2)11-6-15-12(13)7-14-11/h3-7H,1-2H3,(H2,13,15). The molecule has 0 spiro atoms. The lowest BCUT2D eigenvalue weighted by Crippen LogP contribution is -1.94. The van der Waals surface area contributed by atoms with Crippen LogP contribution in [0.2, 0.25) is 0 Å². The van der Waals surface area contributed by atoms with Gasteiger partial charge in [-0.15, -0.1) is 0 Å². The van der Waals surface area contributed by atoms with Crippen molar-refractivity contribution in [2.75, 3.05) is 20.0 Å². The molecule has 2 aromatic rings. The van der Waals surface area contributed by atoms with E-state index in [0.717, 1.165) is 11.3 Å². The molecule has 2 rings (SSSR count). The van der Waals surface area contributed by atoms with Crippen molar-refractivity contribution in [3.8, 4) is 22.8 Å². The molecule has 88 valence electrons. The maximum Gasteiger partial charge on any atom is 0.141 e. The summed E-state index contributed by atoms with van der Waals surface area (Å²) >= 11 is 0. The molecular formula is C12H13N3O2. The summed E-state index contributed by atoms with van der Waals surface area (Å²) in [5, 5.41) is 0. The first-order valence-electron chi connectivity index (χ1n) is 5.04. The lowest BCUT2D eigenvalue weighted by atomic mass is 10.1. The highest BCUT2D eigenvalue weighted by Gasteiger charge is 2.05. The van der Waals surface area contributed by atoms with Crippen LogP contribution in [0.5, 0.6) is 11.5 Å². The minimum absolute atomic E-state index is 0.392. The number of methoxy groups -OCH3 is 2. The lowest BCUT2D eigenvalue weighted by Gasteiger charge is -2.07. The van der Waals surface area contributed by atoms with Gasteiger partial charge in [-0.05, 0) is 12.1 Å². The third-order valence-corrected chi connectivity index (χ3v) is 2.32. The fourth-order valence-electron chi connectivity index (χ4n) is 1.44. The van der Waals surface area contributed by atoms with Gasteiger partial charge in [0.2, 0.25) is 0 Å². The molecule has 0 unspecified atom stereocenters. The Morgan fingerprint density at radius 2 is 1.59 bits per heavy atom. The fraction of sp³-hybridized carbons (Fsp3) is 0.167. The Labute approximate surface area is 99.2 Å². The third-order valence-electron chi connectivity index (χ3n) is 2.32. The summed E-state index contributed by atoms with van der Waals surface area (Å²) in [6.07, 6.45) is 3.13. The van der Waals surface area contributed by atoms with Crippen LogP contribution in [0, 0.1) is 0 Å². The van der Waals surface area contributed by atoms with Crippen molar-refractivity contribution in [3.63, 3.8) is 0 Å². The van der Waals surface area contributed by atoms with Crippen molar-refractivity contribution < 1.29 is 9.47 Å². The number of nitrogens with zero attached hydrogens (tertiary/aromatic N) is 2. The molecule has 17 heavy (non-hydrogen) atoms. The number of hydrogen-bond acceptors (Lipinski definition) is 5. The number of anilines is 1. The number of aromatic nitrogens is 2. The molecule has 5 nitrogen and oxygen atoms in total. The smallest absolute Gasteiger partial charge is 0.141 e. The predicted molar refractivity (Wildman–Crippen MR) is 65.0 cm³/mol. The van der Waals surface area contributed by atoms with E-state index in [1.54, 1.807) is 26.5 Å². The van der Waals surface area contributed by atoms with Crippen LogP contribution in [-0.4, -0.2) is 24.2 Å². The first-order valence-corrected chi connectivity index (χ1v) is 5.04. The zero-order valence-corrected chi connectivity index (χ0v) is 9.68. The molecule has 0 radical (unpaired) electrons. The van der Waals surface area contributed by atoms with Crippen LogP contribution in [0.25, 0.3) is 11.3 Å². The van der Waals surface area contributed by atoms with Gasteiger partial charge < -0.3 is 15.2 Å². The second kappa shape index (κ2) is 4.69. The summed E-state index contributed by atoms with van der Waals surface area (Å²) < 4.78 is 10.4. The van der Waals surface area contributed by atoms with Crippen molar-refractivity contribution >= 4 is 5.82 Å². The fourth-order valence-corrected chi connectivity index (χ4v) is 1.44. The highest BCUT2D eigenvalue weighted by atomic mass is 16.5. The number of rotatable bonds is 3. The lowest BCUT2D eigenvalue weighted by molar-refractivity contribution is 0.394. The van der Waals surface area contributed by atoms with Crippen molar-refractivity contribution in [1.29, 1.82) is 0 Å². The minimum Gasteiger partial charge on any atom is -0.497 e. The molecule has 0 fully saturated rings. The molecule has 0 amide bonds. The van der Waals surface area contributed by atoms with E-state index in [2.05, 4.69) is 9.97 Å². The van der Waals surface area contributed by atoms with Crippen LogP contribution < -0.4 is 15.2 Å². The zero-order valence-electron chi connectivity index (χ0n) is 9.68. The first kappa shape index (κ1) is 11.2. The number of hydrogen-bond donors (Lipinski definition) is 1. The first-order chi connectivity index (χ1) is 8.22. The van der Waals surface area contributed by atoms with Crippen LogP contribution in [0.3, 0.4) is 0 Å². The van der Waals surface area contributed by atoms with Gasteiger partial charge in [-0.25, -0.2) is 4.98 Å². The molecule has 0 saturated heterocycles. The Bertz CT molecular complexity index is 489. The molecule has 0 saturated carbocycles. The molecular weight excluding hydrogens is 218 g/mol. The topological polar surface area (TPSA) is 70.3 Å². The van der Waals surface area contributed by atoms with E-state index in [4.69, 9.17) is 15.2 Å². The molecule has 1 heterocycles. The van der Waals surface area contributed by atoms with E-state index in [9.17, 15) is 0 Å². The van der Waals surface area contributed by atoms with E-state index in [1.165, 1.54) is 6.20 Å². The van der Waals surface area contributed by atoms with Gasteiger partial charge in [-0.1, -0.05) is 0 Å². The average Bonchev–Trinajstić information content (AvgIpc) is 2.39. The Kier molecular flexibility index (Phi) is 3.09. The van der Waals surface area contributed by atoms with Crippen molar-refractivity contribution in [3.05, 3.63) is 30.6 Å². The largest absolute Gasteiger partial charge is 0.497 e. The van der Waals surface area contributed by atoms with Crippen LogP contribution in [0.1, 0.15) is 0 Å². The molecule has 5 heteroatoms. The Hall–Kier alpha value is -2.30. The maximum absolute atomic E-state index is 5.49. The van der Waals surface area contributed by atoms with Crippen LogP contribution >= 0.6 is 0 Å². The van der Waals surface area contributed by atoms with Gasteiger partial charge in [-0.3, -0.25) is 4.98 Å². The minimum atomic E-state index is 0.392. The number of nitrogens with two attached hydrogens (primary N) is 1. The summed E-state index contributed by atoms with van der Waals surface area (Å²) in [5.74, 6) is 1.81. The molecule has 0 bridgehead atoms. The van der Waals surface area contributed by atoms with Gasteiger partial charge in [0, 0.05) is 11.6 Å². The van der Waals surface area contributed by atoms with Crippen molar-refractivity contribution in [1.82, 2.24) is 9.97 Å². The van der Waals surface area contributed by atoms with Crippen LogP contribution in [0.4, 0.5) is 5.82 Å². The molecule has 0 aliphatic rings. The number of nitrogen functional groups attached to an aromatic ring is 1. The second-order valence-electron chi connectivity index (χ2n) is 3.43. The summed E-state index contributed by atoms with van der Waals surface area (Å²) in [4.78, 5) is 8.20. The van der Waals surface area contributed by atoms with E-state index in [0.29, 0.717) is 17.3 Å². The molecule has 0 aliphatic heterocycles. The highest BCUT2D eigenvalue weighted by molar-refractivity contribution is 5.63. The van der Waals surface area contributed by atoms with Crippen molar-refractivity contribution in [2.45, 2.75) is 0 Å². The van der Waals surface area contributed by atoms with Gasteiger partial charge in [0.25, 0.3) is 0 Å². The maximum atomic E-state index is 5.49. The second-order valence-corrected chi connectivity index (χ2v) is 3.43. The molecule has 2 N–H and O–H groups in total. The molecule has 1 aromatic heterocycles. The zero-order chi connectivity index (χ0) is 12.3. The predicted octanol–water partition coefficient (Wildman–Crippen LogP) is 1.74. The Balaban J connectivity index is 2.46.